The molecule has 212 valence electrons. The first-order chi connectivity index (χ1) is 18.0. The molecule has 0 spiro atoms. The van der Waals surface area contributed by atoms with Crippen LogP contribution in [0.4, 0.5) is 30.1 Å². The maximum absolute atomic E-state index is 15.5. The summed E-state index contributed by atoms with van der Waals surface area (Å²) in [7, 11) is 0. The number of halogens is 2. The second kappa shape index (κ2) is 8.95. The number of ether oxygens (including phenoxy) is 2. The van der Waals surface area contributed by atoms with E-state index < -0.39 is 51.8 Å². The molecule has 3 atom stereocenters. The molecule has 3 fully saturated rings. The van der Waals surface area contributed by atoms with Crippen molar-refractivity contribution in [2.75, 3.05) is 23.3 Å². The van der Waals surface area contributed by atoms with Crippen molar-refractivity contribution in [1.82, 2.24) is 10.7 Å². The van der Waals surface area contributed by atoms with Gasteiger partial charge < -0.3 is 19.7 Å². The molecule has 4 aliphatic rings. The number of benzene rings is 1. The van der Waals surface area contributed by atoms with Gasteiger partial charge in [0.2, 0.25) is 0 Å². The van der Waals surface area contributed by atoms with Gasteiger partial charge >= 0.3 is 24.1 Å². The number of carbonyl (C=O) groups is 4. The minimum Gasteiger partial charge on any atom is -0.444 e. The van der Waals surface area contributed by atoms with Crippen molar-refractivity contribution in [3.05, 3.63) is 22.5 Å². The molecule has 1 aromatic rings. The van der Waals surface area contributed by atoms with Gasteiger partial charge in [0.25, 0.3) is 0 Å². The van der Waals surface area contributed by atoms with Crippen molar-refractivity contribution in [1.29, 1.82) is 0 Å². The summed E-state index contributed by atoms with van der Waals surface area (Å²) in [6.45, 7) is 11.2. The summed E-state index contributed by atoms with van der Waals surface area (Å²) in [6, 6.07) is -0.302. The van der Waals surface area contributed by atoms with Crippen LogP contribution in [0, 0.1) is 17.7 Å². The Morgan fingerprint density at radius 2 is 1.62 bits per heavy atom. The third-order valence-corrected chi connectivity index (χ3v) is 7.62. The quantitative estimate of drug-likeness (QED) is 0.457. The lowest BCUT2D eigenvalue weighted by Gasteiger charge is -2.37. The molecule has 5 rings (SSSR count). The van der Waals surface area contributed by atoms with E-state index in [9.17, 15) is 19.2 Å². The van der Waals surface area contributed by atoms with Crippen LogP contribution in [0.5, 0.6) is 0 Å². The van der Waals surface area contributed by atoms with E-state index >= 15 is 4.39 Å². The van der Waals surface area contributed by atoms with E-state index in [2.05, 4.69) is 16.1 Å². The third kappa shape index (κ3) is 5.00. The van der Waals surface area contributed by atoms with Gasteiger partial charge in [0, 0.05) is 43.8 Å². The molecule has 5 amide bonds. The Hall–Kier alpha value is -3.12. The fraction of sp³-hybridized carbons (Fsp3) is 0.615. The summed E-state index contributed by atoms with van der Waals surface area (Å²) in [6.07, 6.45) is -0.387. The largest absolute Gasteiger partial charge is 0.454 e. The molecule has 13 heteroatoms. The van der Waals surface area contributed by atoms with Crippen LogP contribution >= 0.6 is 11.6 Å². The number of nitrogens with zero attached hydrogens (tertiary/aromatic N) is 2. The summed E-state index contributed by atoms with van der Waals surface area (Å²) in [5.41, 5.74) is 0.936. The standard InChI is InChI=1S/C26H33ClFN5O6/c1-25(2,3)38-23(36)30-18-14-10-32(11-15(14)18)20-16(28)9-13-19(17(20)27)29-22(35)33(21(13)34,12-7-8-12)31-24(37)39-26(4,5)6/h9,12,14-15,18H,7-8,10-11H2,1-6H3,(H2-,29,30,31,34,35,36,37)/p+1. The predicted molar refractivity (Wildman–Crippen MR) is 140 cm³/mol. The molecule has 2 aliphatic heterocycles. The second-order valence-electron chi connectivity index (χ2n) is 12.7. The van der Waals surface area contributed by atoms with Gasteiger partial charge in [-0.25, -0.2) is 23.6 Å². The fourth-order valence-electron chi connectivity index (χ4n) is 5.46. The molecule has 0 bridgehead atoms. The predicted octanol–water partition coefficient (Wildman–Crippen LogP) is 4.54. The number of anilines is 2. The van der Waals surface area contributed by atoms with Gasteiger partial charge in [-0.15, -0.1) is 5.43 Å². The second-order valence-corrected chi connectivity index (χ2v) is 13.0. The Morgan fingerprint density at radius 3 is 2.15 bits per heavy atom. The van der Waals surface area contributed by atoms with Gasteiger partial charge in [0.15, 0.2) is 0 Å². The molecule has 39 heavy (non-hydrogen) atoms. The van der Waals surface area contributed by atoms with Gasteiger partial charge in [-0.1, -0.05) is 16.2 Å². The number of hydrogen-bond acceptors (Lipinski definition) is 7. The maximum Gasteiger partial charge on any atom is 0.454 e. The molecule has 1 aromatic carbocycles. The summed E-state index contributed by atoms with van der Waals surface area (Å²) >= 11 is 6.62. The molecular formula is C26H34ClFN5O6+. The number of urea groups is 1. The topological polar surface area (TPSA) is 126 Å². The van der Waals surface area contributed by atoms with Crippen molar-refractivity contribution < 1.29 is 37.6 Å². The first-order valence-electron chi connectivity index (χ1n) is 13.0. The maximum atomic E-state index is 15.5. The smallest absolute Gasteiger partial charge is 0.444 e. The number of carbonyl (C=O) groups excluding carboxylic acids is 4. The Morgan fingerprint density at radius 1 is 1.05 bits per heavy atom. The van der Waals surface area contributed by atoms with Crippen LogP contribution in [0.25, 0.3) is 0 Å². The van der Waals surface area contributed by atoms with Crippen molar-refractivity contribution >= 4 is 47.1 Å². The number of hydrogen-bond donors (Lipinski definition) is 3. The summed E-state index contributed by atoms with van der Waals surface area (Å²) in [5.74, 6) is -1.30. The number of nitrogens with one attached hydrogen (secondary N) is 3. The lowest BCUT2D eigenvalue weighted by Crippen LogP contribution is -2.71. The average Bonchev–Trinajstić information content (AvgIpc) is 3.68. The fourth-order valence-corrected chi connectivity index (χ4v) is 5.82. The van der Waals surface area contributed by atoms with Gasteiger partial charge in [-0.2, -0.15) is 0 Å². The first kappa shape index (κ1) is 27.4. The Kier molecular flexibility index (Phi) is 6.30. The minimum absolute atomic E-state index is 0.00691. The van der Waals surface area contributed by atoms with Crippen molar-refractivity contribution in [2.45, 2.75) is 77.7 Å². The highest BCUT2D eigenvalue weighted by Gasteiger charge is 2.63. The molecule has 2 heterocycles. The molecule has 11 nitrogen and oxygen atoms in total. The summed E-state index contributed by atoms with van der Waals surface area (Å²) in [4.78, 5) is 53.6. The Balaban J connectivity index is 1.35. The van der Waals surface area contributed by atoms with E-state index in [0.29, 0.717) is 25.9 Å². The van der Waals surface area contributed by atoms with Gasteiger partial charge in [0.05, 0.1) is 16.4 Å². The molecule has 0 aromatic heterocycles. The SMILES string of the molecule is CC(C)(C)OC(=O)NC1C2CN(c3c(F)cc4c(c3Cl)NC(=O)[N+](NC(=O)OC(C)(C)C)(C3CC3)C4=O)CC21. The lowest BCUT2D eigenvalue weighted by molar-refractivity contribution is -0.815. The molecule has 3 N–H and O–H groups in total. The highest BCUT2D eigenvalue weighted by atomic mass is 35.5. The number of imide groups is 1. The van der Waals surface area contributed by atoms with Crippen molar-refractivity contribution in [3.63, 3.8) is 0 Å². The minimum atomic E-state index is -1.04. The monoisotopic (exact) mass is 566 g/mol. The highest BCUT2D eigenvalue weighted by Crippen LogP contribution is 2.51. The molecule has 2 saturated carbocycles. The number of amides is 5. The van der Waals surface area contributed by atoms with Gasteiger partial charge in [-0.05, 0) is 47.6 Å². The van der Waals surface area contributed by atoms with Crippen LogP contribution in [0.15, 0.2) is 6.07 Å². The van der Waals surface area contributed by atoms with E-state index in [-0.39, 0.29) is 39.8 Å². The summed E-state index contributed by atoms with van der Waals surface area (Å²) in [5, 5.41) is 5.43. The van der Waals surface area contributed by atoms with Crippen molar-refractivity contribution in [2.24, 2.45) is 11.8 Å². The molecule has 3 unspecified atom stereocenters. The normalized spacial score (nSPS) is 27.8. The van der Waals surface area contributed by atoms with E-state index in [1.165, 1.54) is 0 Å². The van der Waals surface area contributed by atoms with Crippen LogP contribution in [0.3, 0.4) is 0 Å². The van der Waals surface area contributed by atoms with Gasteiger partial charge in [0.1, 0.15) is 28.6 Å². The Bertz CT molecular complexity index is 1260. The van der Waals surface area contributed by atoms with Crippen LogP contribution < -0.4 is 21.0 Å². The zero-order valence-electron chi connectivity index (χ0n) is 22.8. The Labute approximate surface area is 230 Å². The first-order valence-corrected chi connectivity index (χ1v) is 13.4. The summed E-state index contributed by atoms with van der Waals surface area (Å²) < 4.78 is 25.1. The molecule has 1 saturated heterocycles. The highest BCUT2D eigenvalue weighted by molar-refractivity contribution is 6.38. The molecular weight excluding hydrogens is 533 g/mol. The number of quaternary nitrogens is 1. The molecule has 0 radical (unpaired) electrons. The average molecular weight is 567 g/mol. The zero-order chi connectivity index (χ0) is 28.7. The van der Waals surface area contributed by atoms with Crippen LogP contribution in [0.1, 0.15) is 64.7 Å². The number of rotatable bonds is 4. The number of piperidine rings is 1. The van der Waals surface area contributed by atoms with Crippen LogP contribution in [0.2, 0.25) is 5.02 Å². The van der Waals surface area contributed by atoms with E-state index in [4.69, 9.17) is 21.1 Å². The van der Waals surface area contributed by atoms with Gasteiger partial charge in [-0.3, -0.25) is 5.32 Å². The number of fused-ring (bicyclic) bond motifs is 2. The van der Waals surface area contributed by atoms with E-state index in [1.807, 2.05) is 0 Å². The van der Waals surface area contributed by atoms with Crippen LogP contribution in [-0.4, -0.2) is 65.1 Å². The van der Waals surface area contributed by atoms with Crippen LogP contribution in [-0.2, 0) is 9.47 Å². The zero-order valence-corrected chi connectivity index (χ0v) is 23.6. The number of alkyl carbamates (subject to hydrolysis) is 1. The lowest BCUT2D eigenvalue weighted by atomic mass is 10.1. The third-order valence-electron chi connectivity index (χ3n) is 7.25. The van der Waals surface area contributed by atoms with Crippen molar-refractivity contribution in [3.8, 4) is 0 Å². The van der Waals surface area contributed by atoms with E-state index in [0.717, 1.165) is 6.07 Å². The molecule has 2 aliphatic carbocycles. The van der Waals surface area contributed by atoms with E-state index in [1.54, 1.807) is 46.4 Å².